The van der Waals surface area contributed by atoms with E-state index < -0.39 is 0 Å². The van der Waals surface area contributed by atoms with E-state index in [4.69, 9.17) is 58.3 Å². The van der Waals surface area contributed by atoms with Crippen molar-refractivity contribution >= 4 is 22.3 Å². The highest BCUT2D eigenvalue weighted by molar-refractivity contribution is 5.91. The number of aromatic nitrogens is 6. The molecule has 12 heterocycles. The molecule has 18 heteroatoms. The van der Waals surface area contributed by atoms with Crippen LogP contribution in [-0.2, 0) is 77.0 Å². The van der Waals surface area contributed by atoms with E-state index in [1.165, 1.54) is 227 Å². The molecule has 6 aromatic carbocycles. The lowest BCUT2D eigenvalue weighted by Crippen LogP contribution is -2.32. The maximum Gasteiger partial charge on any atom is 0.127 e. The smallest absolute Gasteiger partial charge is 0.127 e. The van der Waals surface area contributed by atoms with E-state index in [0.29, 0.717) is 23.7 Å². The summed E-state index contributed by atoms with van der Waals surface area (Å²) < 4.78 is 35.0. The van der Waals surface area contributed by atoms with Crippen molar-refractivity contribution in [1.82, 2.24) is 61.0 Å². The van der Waals surface area contributed by atoms with Gasteiger partial charge in [0.2, 0.25) is 0 Å². The Labute approximate surface area is 868 Å². The first kappa shape index (κ1) is 102. The minimum absolute atomic E-state index is 0.358. The normalized spacial score (nSPS) is 18.5. The number of hydrogen-bond acceptors (Lipinski definition) is 18. The third-order valence-electron chi connectivity index (χ3n) is 32.7. The van der Waals surface area contributed by atoms with Crippen molar-refractivity contribution in [2.45, 2.75) is 207 Å². The zero-order valence-corrected chi connectivity index (χ0v) is 89.1. The highest BCUT2D eigenvalue weighted by atomic mass is 16.5. The number of piperidine rings is 6. The molecule has 6 aromatic heterocycles. The van der Waals surface area contributed by atoms with Gasteiger partial charge in [0, 0.05) is 131 Å². The molecule has 760 valence electrons. The summed E-state index contributed by atoms with van der Waals surface area (Å²) in [4.78, 5) is 33.8. The molecule has 0 spiro atoms. The summed E-state index contributed by atoms with van der Waals surface area (Å²) in [6.45, 7) is 26.0. The molecule has 12 aliphatic rings. The van der Waals surface area contributed by atoms with Crippen LogP contribution < -0.4 is 49.7 Å². The number of aryl methyl sites for hydroxylation is 18. The average Bonchev–Trinajstić information content (AvgIpc) is 1.52. The molecule has 0 bridgehead atoms. The lowest BCUT2D eigenvalue weighted by molar-refractivity contribution is 0.313. The van der Waals surface area contributed by atoms with E-state index in [9.17, 15) is 0 Å². The maximum absolute atomic E-state index is 5.84. The Hall–Kier alpha value is -12.3. The van der Waals surface area contributed by atoms with E-state index in [0.717, 1.165) is 253 Å². The second kappa shape index (κ2) is 47.7. The number of fused-ring (bicyclic) bond motifs is 12. The Kier molecular flexibility index (Phi) is 33.4. The SMILES string of the molecule is COc1cc(C)cc2c1C(=C1CCN(C)CC1)c1ncccc1CC2.COc1cc(C)cc2c1C(=C1CCN(C)CC1)c1ncccc1CC2.COc1cc(C)cc2c1C(=C1CCNCC1)c1ncccc1CC2.COc1cc(C)cc2c1C(=C1CCNCC1)c1ncccc1CC2.COc1cc(C)cc2c1C(C1CCNCC1)c1ncccc1CC2.COc1cc(C)cc2c1C(C1CCNCC1)c1ncccc1CC2. The molecule has 2 unspecified atom stereocenters. The van der Waals surface area contributed by atoms with Gasteiger partial charge in [0.1, 0.15) is 34.5 Å². The molecule has 6 aliphatic carbocycles. The van der Waals surface area contributed by atoms with Gasteiger partial charge < -0.3 is 59.5 Å². The monoisotopic (exact) mass is 1950 g/mol. The number of hydrogen-bond donors (Lipinski definition) is 4. The van der Waals surface area contributed by atoms with Crippen molar-refractivity contribution in [3.05, 3.63) is 373 Å². The second-order valence-electron chi connectivity index (χ2n) is 42.4. The van der Waals surface area contributed by atoms with Gasteiger partial charge in [0.25, 0.3) is 0 Å². The predicted molar refractivity (Wildman–Crippen MR) is 593 cm³/mol. The Bertz CT molecular complexity index is 6410. The summed E-state index contributed by atoms with van der Waals surface area (Å²) in [6, 6.07) is 53.0. The Balaban J connectivity index is 0.000000111. The zero-order valence-electron chi connectivity index (χ0n) is 89.1. The Morgan fingerprint density at radius 1 is 0.240 bits per heavy atom. The van der Waals surface area contributed by atoms with Crippen molar-refractivity contribution in [2.75, 3.05) is 135 Å². The minimum Gasteiger partial charge on any atom is -0.496 e. The molecule has 146 heavy (non-hydrogen) atoms. The summed E-state index contributed by atoms with van der Waals surface area (Å²) >= 11 is 0. The number of likely N-dealkylation sites (tertiary alicyclic amines) is 2. The third-order valence-corrected chi connectivity index (χ3v) is 32.7. The van der Waals surface area contributed by atoms with Crippen LogP contribution in [0.15, 0.2) is 205 Å². The lowest BCUT2D eigenvalue weighted by atomic mass is 9.76. The molecule has 2 atom stereocenters. The van der Waals surface area contributed by atoms with E-state index >= 15 is 0 Å². The molecule has 18 nitrogen and oxygen atoms in total. The average molecular weight is 1950 g/mol. The largest absolute Gasteiger partial charge is 0.496 e. The van der Waals surface area contributed by atoms with Gasteiger partial charge in [-0.3, -0.25) is 29.9 Å². The minimum atomic E-state index is 0.358. The van der Waals surface area contributed by atoms with Gasteiger partial charge in [0.15, 0.2) is 0 Å². The fourth-order valence-corrected chi connectivity index (χ4v) is 25.6. The van der Waals surface area contributed by atoms with Gasteiger partial charge in [-0.1, -0.05) is 95.1 Å². The van der Waals surface area contributed by atoms with Crippen molar-refractivity contribution in [1.29, 1.82) is 0 Å². The van der Waals surface area contributed by atoms with Crippen LogP contribution in [0.4, 0.5) is 0 Å². The summed E-state index contributed by atoms with van der Waals surface area (Å²) in [5, 5.41) is 13.9. The molecular formula is C128H152N12O6. The number of nitrogens with zero attached hydrogens (tertiary/aromatic N) is 8. The first-order valence-electron chi connectivity index (χ1n) is 54.2. The van der Waals surface area contributed by atoms with Crippen molar-refractivity contribution < 1.29 is 28.4 Å². The van der Waals surface area contributed by atoms with Crippen LogP contribution in [-0.4, -0.2) is 175 Å². The maximum atomic E-state index is 5.84. The number of pyridine rings is 6. The van der Waals surface area contributed by atoms with Crippen LogP contribution in [0.2, 0.25) is 0 Å². The van der Waals surface area contributed by atoms with Gasteiger partial charge in [-0.2, -0.15) is 0 Å². The van der Waals surface area contributed by atoms with Gasteiger partial charge in [-0.05, 0) is 447 Å². The molecule has 0 amide bonds. The van der Waals surface area contributed by atoms with Crippen LogP contribution in [0.3, 0.4) is 0 Å². The van der Waals surface area contributed by atoms with E-state index in [1.54, 1.807) is 42.7 Å². The van der Waals surface area contributed by atoms with E-state index in [2.05, 4.69) is 232 Å². The molecule has 0 radical (unpaired) electrons. The topological polar surface area (TPSA) is 187 Å². The molecule has 4 N–H and O–H groups in total. The fourth-order valence-electron chi connectivity index (χ4n) is 25.6. The summed E-state index contributed by atoms with van der Waals surface area (Å²) in [6.07, 6.45) is 37.9. The van der Waals surface area contributed by atoms with Gasteiger partial charge >= 0.3 is 0 Å². The van der Waals surface area contributed by atoms with Crippen molar-refractivity contribution in [3.8, 4) is 34.5 Å². The van der Waals surface area contributed by atoms with Crippen molar-refractivity contribution in [2.24, 2.45) is 11.8 Å². The molecule has 12 aromatic rings. The first-order chi connectivity index (χ1) is 71.4. The number of rotatable bonds is 8. The summed E-state index contributed by atoms with van der Waals surface area (Å²) in [7, 11) is 15.2. The Morgan fingerprint density at radius 3 is 0.733 bits per heavy atom. The van der Waals surface area contributed by atoms with Crippen LogP contribution >= 0.6 is 0 Å². The van der Waals surface area contributed by atoms with Crippen LogP contribution in [0, 0.1) is 53.4 Å². The highest BCUT2D eigenvalue weighted by Crippen LogP contribution is 2.52. The molecule has 6 fully saturated rings. The molecule has 6 saturated heterocycles. The first-order valence-corrected chi connectivity index (χ1v) is 54.2. The molecular weight excluding hydrogens is 1800 g/mol. The molecule has 24 rings (SSSR count). The van der Waals surface area contributed by atoms with Gasteiger partial charge in [0.05, 0.1) is 76.8 Å². The van der Waals surface area contributed by atoms with Gasteiger partial charge in [-0.25, -0.2) is 0 Å². The third kappa shape index (κ3) is 22.6. The predicted octanol–water partition coefficient (Wildman–Crippen LogP) is 22.7. The molecule has 0 saturated carbocycles. The molecule has 6 aliphatic heterocycles. The quantitative estimate of drug-likeness (QED) is 0.112. The zero-order chi connectivity index (χ0) is 101. The van der Waals surface area contributed by atoms with Gasteiger partial charge in [-0.15, -0.1) is 0 Å². The van der Waals surface area contributed by atoms with Crippen LogP contribution in [0.5, 0.6) is 34.5 Å². The van der Waals surface area contributed by atoms with Crippen molar-refractivity contribution in [3.63, 3.8) is 0 Å². The fraction of sp³-hybridized carbons (Fsp3) is 0.422. The standard InChI is InChI=1S/2C22H26N2O.2C21H26N2O.2C21H24N2O/c2*1-15-13-18-7-6-17-5-4-10-23-22(17)21(20(18)19(14-15)25-3)16-8-11-24(2)12-9-16;4*1-14-12-17-6-5-16-4-3-9-23-21(16)20(15-7-10-22-11-8-15)19(17)18(13-14)24-2/h2*4-5,10,13-14H,6-9,11-12H2,1-3H3;2*3-4,9,12-13,15,20,22H,5-8,10-11H2,1-2H3;2*3-4,9,12-13,22H,5-8,10-11H2,1-2H3. The summed E-state index contributed by atoms with van der Waals surface area (Å²) in [5.41, 5.74) is 50.9. The lowest BCUT2D eigenvalue weighted by Gasteiger charge is -2.32. The van der Waals surface area contributed by atoms with E-state index in [-0.39, 0.29) is 0 Å². The number of methoxy groups -OCH3 is 6. The second-order valence-corrected chi connectivity index (χ2v) is 42.4. The number of ether oxygens (including phenoxy) is 6. The highest BCUT2D eigenvalue weighted by Gasteiger charge is 2.40. The van der Waals surface area contributed by atoms with Crippen LogP contribution in [0.25, 0.3) is 22.3 Å². The Morgan fingerprint density at radius 2 is 0.459 bits per heavy atom. The number of benzene rings is 6. The van der Waals surface area contributed by atoms with Crippen LogP contribution in [0.1, 0.15) is 257 Å². The summed E-state index contributed by atoms with van der Waals surface area (Å²) in [5.74, 6) is 8.05. The van der Waals surface area contributed by atoms with E-state index in [1.807, 2.05) is 37.2 Å². The number of nitrogens with one attached hydrogen (secondary N) is 4.